The van der Waals surface area contributed by atoms with Gasteiger partial charge in [0.2, 0.25) is 0 Å². The average Bonchev–Trinajstić information content (AvgIpc) is 3.13. The molecule has 0 unspecified atom stereocenters. The molecule has 5 heteroatoms. The number of aliphatic hydroxyl groups is 1. The molecule has 0 radical (unpaired) electrons. The number of likely N-dealkylation sites (N-methyl/N-ethyl adjacent to an activating group) is 1. The van der Waals surface area contributed by atoms with Crippen molar-refractivity contribution in [3.8, 4) is 0 Å². The maximum atomic E-state index is 11.0. The van der Waals surface area contributed by atoms with Gasteiger partial charge in [-0.1, -0.05) is 18.3 Å². The number of thiophene rings is 1. The molecular weight excluding hydrogens is 350 g/mol. The number of hydrogen-bond acceptors (Lipinski definition) is 5. The molecule has 0 bridgehead atoms. The van der Waals surface area contributed by atoms with E-state index in [0.717, 1.165) is 17.7 Å². The summed E-state index contributed by atoms with van der Waals surface area (Å²) in [5, 5.41) is 13.1. The molecule has 0 spiro atoms. The van der Waals surface area contributed by atoms with Gasteiger partial charge in [-0.15, -0.1) is 11.3 Å². The second-order valence-corrected chi connectivity index (χ2v) is 9.30. The third-order valence-electron chi connectivity index (χ3n) is 5.16. The van der Waals surface area contributed by atoms with Crippen LogP contribution in [0.4, 0.5) is 5.69 Å². The van der Waals surface area contributed by atoms with E-state index in [1.807, 2.05) is 6.92 Å². The fraction of sp³-hybridized carbons (Fsp3) is 0.400. The average molecular weight is 374 g/mol. The van der Waals surface area contributed by atoms with E-state index in [0.29, 0.717) is 19.4 Å². The minimum Gasteiger partial charge on any atom is -0.385 e. The largest absolute Gasteiger partial charge is 0.385 e. The van der Waals surface area contributed by atoms with Gasteiger partial charge in [0.15, 0.2) is 0 Å². The lowest BCUT2D eigenvalue weighted by Gasteiger charge is -2.35. The molecule has 1 aromatic carbocycles. The molecule has 3 heterocycles. The van der Waals surface area contributed by atoms with Gasteiger partial charge in [-0.25, -0.2) is 0 Å². The van der Waals surface area contributed by atoms with Gasteiger partial charge < -0.3 is 14.7 Å². The molecule has 0 aliphatic carbocycles. The van der Waals surface area contributed by atoms with Crippen LogP contribution in [-0.2, 0) is 16.8 Å². The van der Waals surface area contributed by atoms with E-state index < -0.39 is 5.60 Å². The van der Waals surface area contributed by atoms with Gasteiger partial charge in [-0.05, 0) is 47.7 Å². The lowest BCUT2D eigenvalue weighted by Crippen LogP contribution is -2.37. The fourth-order valence-electron chi connectivity index (χ4n) is 3.66. The SMILES string of the molecule is C=C1Cc2cc(Sc3cc([C@@]4(O)CCO[C@@H](C)C4)cs3)ccc2N1C. The van der Waals surface area contributed by atoms with Crippen LogP contribution in [0.25, 0.3) is 0 Å². The zero-order chi connectivity index (χ0) is 17.6. The molecule has 25 heavy (non-hydrogen) atoms. The molecule has 1 aromatic heterocycles. The Morgan fingerprint density at radius 3 is 3.04 bits per heavy atom. The number of hydrogen-bond donors (Lipinski definition) is 1. The van der Waals surface area contributed by atoms with Crippen molar-refractivity contribution in [1.29, 1.82) is 0 Å². The standard InChI is InChI=1S/C20H23NO2S2/c1-13-8-15-9-17(4-5-18(15)21(13)3)25-19-10-16(12-24-19)20(22)6-7-23-14(2)11-20/h4-5,9-10,12,14,22H,1,6-8,11H2,2-3H3/t14-,20+/m0/s1. The summed E-state index contributed by atoms with van der Waals surface area (Å²) >= 11 is 3.47. The first-order valence-corrected chi connectivity index (χ1v) is 10.3. The highest BCUT2D eigenvalue weighted by molar-refractivity contribution is 8.01. The first-order chi connectivity index (χ1) is 11.9. The molecule has 3 nitrogen and oxygen atoms in total. The molecule has 0 saturated carbocycles. The smallest absolute Gasteiger partial charge is 0.0951 e. The molecule has 2 atom stereocenters. The predicted molar refractivity (Wildman–Crippen MR) is 105 cm³/mol. The van der Waals surface area contributed by atoms with Crippen molar-refractivity contribution in [3.63, 3.8) is 0 Å². The predicted octanol–water partition coefficient (Wildman–Crippen LogP) is 4.79. The van der Waals surface area contributed by atoms with Gasteiger partial charge in [0.1, 0.15) is 0 Å². The van der Waals surface area contributed by atoms with E-state index in [2.05, 4.69) is 48.2 Å². The van der Waals surface area contributed by atoms with E-state index in [-0.39, 0.29) is 6.10 Å². The van der Waals surface area contributed by atoms with E-state index in [4.69, 9.17) is 4.74 Å². The molecular formula is C20H23NO2S2. The Bertz CT molecular complexity index is 816. The summed E-state index contributed by atoms with van der Waals surface area (Å²) in [5.41, 5.74) is 4.03. The minimum absolute atomic E-state index is 0.108. The second-order valence-electron chi connectivity index (χ2n) is 7.02. The monoisotopic (exact) mass is 373 g/mol. The van der Waals surface area contributed by atoms with Crippen LogP contribution in [0.1, 0.15) is 30.9 Å². The molecule has 0 amide bonds. The fourth-order valence-corrected chi connectivity index (χ4v) is 5.77. The summed E-state index contributed by atoms with van der Waals surface area (Å²) in [5.74, 6) is 0. The second kappa shape index (κ2) is 6.47. The first-order valence-electron chi connectivity index (χ1n) is 8.60. The number of allylic oxidation sites excluding steroid dienone is 1. The zero-order valence-electron chi connectivity index (χ0n) is 14.6. The van der Waals surface area contributed by atoms with Crippen molar-refractivity contribution < 1.29 is 9.84 Å². The summed E-state index contributed by atoms with van der Waals surface area (Å²) in [6.45, 7) is 6.77. The molecule has 4 rings (SSSR count). The molecule has 2 aromatic rings. The normalized spacial score (nSPS) is 26.1. The van der Waals surface area contributed by atoms with Gasteiger partial charge in [-0.2, -0.15) is 0 Å². The quantitative estimate of drug-likeness (QED) is 0.838. The first kappa shape index (κ1) is 17.2. The number of benzene rings is 1. The topological polar surface area (TPSA) is 32.7 Å². The van der Waals surface area contributed by atoms with Gasteiger partial charge in [0.05, 0.1) is 22.5 Å². The summed E-state index contributed by atoms with van der Waals surface area (Å²) in [7, 11) is 2.07. The summed E-state index contributed by atoms with van der Waals surface area (Å²) in [6, 6.07) is 8.76. The van der Waals surface area contributed by atoms with Crippen molar-refractivity contribution in [2.45, 2.75) is 47.0 Å². The third kappa shape index (κ3) is 3.26. The Hall–Kier alpha value is -1.27. The van der Waals surface area contributed by atoms with Crippen LogP contribution in [-0.4, -0.2) is 24.9 Å². The number of fused-ring (bicyclic) bond motifs is 1. The number of ether oxygens (including phenoxy) is 1. The van der Waals surface area contributed by atoms with Crippen LogP contribution in [0.2, 0.25) is 0 Å². The number of rotatable bonds is 3. The Morgan fingerprint density at radius 1 is 1.40 bits per heavy atom. The van der Waals surface area contributed by atoms with E-state index in [1.54, 1.807) is 23.1 Å². The Kier molecular flexibility index (Phi) is 4.44. The van der Waals surface area contributed by atoms with Gasteiger partial charge in [0, 0.05) is 42.6 Å². The van der Waals surface area contributed by atoms with Crippen LogP contribution in [0.5, 0.6) is 0 Å². The van der Waals surface area contributed by atoms with Crippen LogP contribution >= 0.6 is 23.1 Å². The van der Waals surface area contributed by atoms with E-state index in [9.17, 15) is 5.11 Å². The highest BCUT2D eigenvalue weighted by Gasteiger charge is 2.35. The van der Waals surface area contributed by atoms with E-state index in [1.165, 1.54) is 20.4 Å². The van der Waals surface area contributed by atoms with Crippen molar-refractivity contribution in [2.24, 2.45) is 0 Å². The van der Waals surface area contributed by atoms with Crippen molar-refractivity contribution in [2.75, 3.05) is 18.6 Å². The lowest BCUT2D eigenvalue weighted by atomic mass is 9.86. The third-order valence-corrected chi connectivity index (χ3v) is 7.22. The Morgan fingerprint density at radius 2 is 2.24 bits per heavy atom. The lowest BCUT2D eigenvalue weighted by molar-refractivity contribution is -0.101. The molecule has 1 N–H and O–H groups in total. The molecule has 1 saturated heterocycles. The van der Waals surface area contributed by atoms with Crippen molar-refractivity contribution in [1.82, 2.24) is 0 Å². The Balaban J connectivity index is 1.52. The van der Waals surface area contributed by atoms with Crippen LogP contribution in [0.3, 0.4) is 0 Å². The Labute approximate surface area is 157 Å². The number of anilines is 1. The van der Waals surface area contributed by atoms with Gasteiger partial charge in [-0.3, -0.25) is 0 Å². The van der Waals surface area contributed by atoms with E-state index >= 15 is 0 Å². The van der Waals surface area contributed by atoms with Crippen LogP contribution < -0.4 is 4.90 Å². The maximum Gasteiger partial charge on any atom is 0.0951 e. The van der Waals surface area contributed by atoms with Crippen molar-refractivity contribution in [3.05, 3.63) is 53.0 Å². The maximum absolute atomic E-state index is 11.0. The van der Waals surface area contributed by atoms with Gasteiger partial charge >= 0.3 is 0 Å². The summed E-state index contributed by atoms with van der Waals surface area (Å²) in [4.78, 5) is 3.40. The van der Waals surface area contributed by atoms with Crippen LogP contribution in [0, 0.1) is 0 Å². The summed E-state index contributed by atoms with van der Waals surface area (Å²) < 4.78 is 6.80. The molecule has 1 fully saturated rings. The minimum atomic E-state index is -0.745. The van der Waals surface area contributed by atoms with Crippen LogP contribution in [0.15, 0.2) is 51.0 Å². The molecule has 2 aliphatic rings. The zero-order valence-corrected chi connectivity index (χ0v) is 16.3. The summed E-state index contributed by atoms with van der Waals surface area (Å²) in [6.07, 6.45) is 2.37. The number of nitrogens with zero attached hydrogens (tertiary/aromatic N) is 1. The molecule has 2 aliphatic heterocycles. The van der Waals surface area contributed by atoms with Crippen molar-refractivity contribution >= 4 is 28.8 Å². The highest BCUT2D eigenvalue weighted by Crippen LogP contribution is 2.42. The van der Waals surface area contributed by atoms with Gasteiger partial charge in [0.25, 0.3) is 0 Å². The molecule has 132 valence electrons. The highest BCUT2D eigenvalue weighted by atomic mass is 32.2.